The van der Waals surface area contributed by atoms with Crippen LogP contribution in [0, 0.1) is 12.8 Å². The van der Waals surface area contributed by atoms with Gasteiger partial charge in [0, 0.05) is 45.4 Å². The molecule has 2 rings (SSSR count). The Hall–Kier alpha value is -1.47. The number of carbonyl (C=O) groups excluding carboxylic acids is 1. The fourth-order valence-electron chi connectivity index (χ4n) is 3.13. The molecule has 0 saturated carbocycles. The van der Waals surface area contributed by atoms with Gasteiger partial charge in [0.25, 0.3) is 5.91 Å². The maximum absolute atomic E-state index is 12.9. The summed E-state index contributed by atoms with van der Waals surface area (Å²) in [5.74, 6) is 0.225. The Kier molecular flexibility index (Phi) is 8.70. The number of methoxy groups -OCH3 is 1. The monoisotopic (exact) mass is 378 g/mol. The summed E-state index contributed by atoms with van der Waals surface area (Å²) in [5, 5.41) is 10.2. The molecule has 1 aromatic rings. The normalized spacial score (nSPS) is 19.3. The van der Waals surface area contributed by atoms with Crippen molar-refractivity contribution in [1.29, 1.82) is 0 Å². The van der Waals surface area contributed by atoms with Crippen molar-refractivity contribution in [2.45, 2.75) is 33.0 Å². The fraction of sp³-hybridized carbons (Fsp3) is 0.667. The van der Waals surface area contributed by atoms with Gasteiger partial charge in [0.1, 0.15) is 0 Å². The zero-order chi connectivity index (χ0) is 19.8. The van der Waals surface area contributed by atoms with Crippen molar-refractivity contribution in [3.05, 3.63) is 35.4 Å². The number of morpholine rings is 1. The number of amides is 1. The number of hydrogen-bond acceptors (Lipinski definition) is 5. The van der Waals surface area contributed by atoms with E-state index in [2.05, 4.69) is 4.90 Å². The predicted molar refractivity (Wildman–Crippen MR) is 106 cm³/mol. The van der Waals surface area contributed by atoms with Crippen LogP contribution in [0.5, 0.6) is 0 Å². The number of carbonyl (C=O) groups is 1. The molecule has 1 N–H and O–H groups in total. The van der Waals surface area contributed by atoms with E-state index < -0.39 is 0 Å². The summed E-state index contributed by atoms with van der Waals surface area (Å²) in [7, 11) is 1.64. The summed E-state index contributed by atoms with van der Waals surface area (Å²) in [6, 6.07) is 7.64. The zero-order valence-corrected chi connectivity index (χ0v) is 17.1. The summed E-state index contributed by atoms with van der Waals surface area (Å²) in [6.07, 6.45) is -0.410. The minimum Gasteiger partial charge on any atom is -0.392 e. The number of β-amino-alcohol motifs (C(OH)–C–C–N with tert-alkyl or cyclic N) is 1. The van der Waals surface area contributed by atoms with Crippen molar-refractivity contribution in [2.24, 2.45) is 5.92 Å². The molecule has 2 unspecified atom stereocenters. The molecule has 1 aliphatic rings. The maximum Gasteiger partial charge on any atom is 0.254 e. The average molecular weight is 379 g/mol. The molecule has 0 radical (unpaired) electrons. The van der Waals surface area contributed by atoms with Crippen molar-refractivity contribution >= 4 is 5.91 Å². The fourth-order valence-corrected chi connectivity index (χ4v) is 3.13. The summed E-state index contributed by atoms with van der Waals surface area (Å²) in [4.78, 5) is 17.0. The Morgan fingerprint density at radius 1 is 1.37 bits per heavy atom. The summed E-state index contributed by atoms with van der Waals surface area (Å²) >= 11 is 0. The van der Waals surface area contributed by atoms with Gasteiger partial charge in [-0.15, -0.1) is 0 Å². The van der Waals surface area contributed by atoms with Crippen molar-refractivity contribution in [3.63, 3.8) is 0 Å². The largest absolute Gasteiger partial charge is 0.392 e. The van der Waals surface area contributed by atoms with E-state index in [4.69, 9.17) is 9.47 Å². The second-order valence-electron chi connectivity index (χ2n) is 7.67. The lowest BCUT2D eigenvalue weighted by Gasteiger charge is -2.37. The first kappa shape index (κ1) is 21.8. The number of ether oxygens (including phenoxy) is 2. The molecule has 6 heteroatoms. The molecule has 1 aliphatic heterocycles. The Morgan fingerprint density at radius 3 is 2.70 bits per heavy atom. The lowest BCUT2D eigenvalue weighted by atomic mass is 10.1. The molecule has 0 spiro atoms. The maximum atomic E-state index is 12.9. The van der Waals surface area contributed by atoms with Gasteiger partial charge >= 0.3 is 0 Å². The summed E-state index contributed by atoms with van der Waals surface area (Å²) < 4.78 is 11.1. The Bertz CT molecular complexity index is 576. The molecule has 2 atom stereocenters. The highest BCUT2D eigenvalue weighted by molar-refractivity contribution is 5.94. The van der Waals surface area contributed by atoms with Crippen LogP contribution in [0.25, 0.3) is 0 Å². The van der Waals surface area contributed by atoms with Gasteiger partial charge in [0.2, 0.25) is 0 Å². The Labute approximate surface area is 163 Å². The number of hydrogen-bond donors (Lipinski definition) is 1. The second-order valence-corrected chi connectivity index (χ2v) is 7.67. The van der Waals surface area contributed by atoms with Crippen LogP contribution in [0.1, 0.15) is 29.8 Å². The van der Waals surface area contributed by atoms with Crippen LogP contribution in [-0.4, -0.2) is 86.1 Å². The molecule has 1 heterocycles. The van der Waals surface area contributed by atoms with Crippen molar-refractivity contribution in [2.75, 3.05) is 53.0 Å². The number of aliphatic hydroxyl groups is 1. The first-order valence-electron chi connectivity index (χ1n) is 9.77. The predicted octanol–water partition coefficient (Wildman–Crippen LogP) is 1.80. The second kappa shape index (κ2) is 10.8. The van der Waals surface area contributed by atoms with Gasteiger partial charge in [-0.3, -0.25) is 9.69 Å². The van der Waals surface area contributed by atoms with E-state index in [0.717, 1.165) is 12.1 Å². The Balaban J connectivity index is 1.99. The first-order valence-corrected chi connectivity index (χ1v) is 9.77. The van der Waals surface area contributed by atoms with E-state index in [1.165, 1.54) is 0 Å². The van der Waals surface area contributed by atoms with Crippen LogP contribution < -0.4 is 0 Å². The average Bonchev–Trinajstić information content (AvgIpc) is 2.65. The third kappa shape index (κ3) is 6.88. The molecular formula is C21H34N2O4. The van der Waals surface area contributed by atoms with Gasteiger partial charge in [-0.2, -0.15) is 0 Å². The summed E-state index contributed by atoms with van der Waals surface area (Å²) in [6.45, 7) is 10.4. The van der Waals surface area contributed by atoms with E-state index in [1.807, 2.05) is 45.0 Å². The van der Waals surface area contributed by atoms with Gasteiger partial charge in [-0.05, 0) is 25.0 Å². The van der Waals surface area contributed by atoms with Gasteiger partial charge in [0.15, 0.2) is 0 Å². The van der Waals surface area contributed by atoms with Gasteiger partial charge in [0.05, 0.1) is 25.4 Å². The lowest BCUT2D eigenvalue weighted by molar-refractivity contribution is -0.0551. The minimum absolute atomic E-state index is 0.00464. The molecular weight excluding hydrogens is 344 g/mol. The minimum atomic E-state index is -0.345. The number of nitrogens with zero attached hydrogens (tertiary/aromatic N) is 2. The van der Waals surface area contributed by atoms with Crippen LogP contribution in [0.15, 0.2) is 24.3 Å². The smallest absolute Gasteiger partial charge is 0.254 e. The van der Waals surface area contributed by atoms with Crippen LogP contribution in [0.3, 0.4) is 0 Å². The molecule has 0 aromatic heterocycles. The van der Waals surface area contributed by atoms with Crippen molar-refractivity contribution < 1.29 is 19.4 Å². The van der Waals surface area contributed by atoms with E-state index in [0.29, 0.717) is 45.0 Å². The van der Waals surface area contributed by atoms with Gasteiger partial charge < -0.3 is 19.5 Å². The highest BCUT2D eigenvalue weighted by Gasteiger charge is 2.27. The molecule has 1 saturated heterocycles. The van der Waals surface area contributed by atoms with Crippen LogP contribution in [0.4, 0.5) is 0 Å². The van der Waals surface area contributed by atoms with Crippen molar-refractivity contribution in [3.8, 4) is 0 Å². The highest BCUT2D eigenvalue weighted by Crippen LogP contribution is 2.13. The molecule has 1 amide bonds. The quantitative estimate of drug-likeness (QED) is 0.710. The first-order chi connectivity index (χ1) is 12.9. The molecule has 1 aromatic carbocycles. The molecule has 1 fully saturated rings. The zero-order valence-electron chi connectivity index (χ0n) is 17.1. The highest BCUT2D eigenvalue weighted by atomic mass is 16.5. The lowest BCUT2D eigenvalue weighted by Crippen LogP contribution is -2.51. The van der Waals surface area contributed by atoms with Gasteiger partial charge in [-0.1, -0.05) is 31.5 Å². The third-order valence-corrected chi connectivity index (χ3v) is 5.01. The Morgan fingerprint density at radius 2 is 2.07 bits per heavy atom. The van der Waals surface area contributed by atoms with Crippen LogP contribution in [-0.2, 0) is 9.47 Å². The number of rotatable bonds is 9. The van der Waals surface area contributed by atoms with E-state index in [-0.39, 0.29) is 24.0 Å². The molecule has 27 heavy (non-hydrogen) atoms. The van der Waals surface area contributed by atoms with E-state index in [1.54, 1.807) is 12.0 Å². The molecule has 0 bridgehead atoms. The van der Waals surface area contributed by atoms with Crippen LogP contribution >= 0.6 is 0 Å². The molecule has 152 valence electrons. The SMILES string of the molecule is COCCN(CC1CN(CC(O)C(C)C)CCO1)C(=O)c1ccc(C)cc1. The van der Waals surface area contributed by atoms with Crippen molar-refractivity contribution in [1.82, 2.24) is 9.80 Å². The summed E-state index contributed by atoms with van der Waals surface area (Å²) in [5.41, 5.74) is 1.81. The molecule has 6 nitrogen and oxygen atoms in total. The standard InChI is InChI=1S/C21H34N2O4/c1-16(2)20(24)15-22-9-12-27-19(13-22)14-23(10-11-26-4)21(25)18-7-5-17(3)6-8-18/h5-8,16,19-20,24H,9-15H2,1-4H3. The van der Waals surface area contributed by atoms with Gasteiger partial charge in [-0.25, -0.2) is 0 Å². The van der Waals surface area contributed by atoms with E-state index in [9.17, 15) is 9.90 Å². The number of benzene rings is 1. The number of aryl methyl sites for hydroxylation is 1. The number of aliphatic hydroxyl groups excluding tert-OH is 1. The molecule has 0 aliphatic carbocycles. The topological polar surface area (TPSA) is 62.2 Å². The van der Waals surface area contributed by atoms with Crippen LogP contribution in [0.2, 0.25) is 0 Å². The van der Waals surface area contributed by atoms with E-state index >= 15 is 0 Å². The third-order valence-electron chi connectivity index (χ3n) is 5.01.